The zero-order valence-corrected chi connectivity index (χ0v) is 14.1. The van der Waals surface area contributed by atoms with Crippen LogP contribution in [0.15, 0.2) is 13.2 Å². The van der Waals surface area contributed by atoms with Crippen LogP contribution in [0.1, 0.15) is 71.1 Å². The van der Waals surface area contributed by atoms with Gasteiger partial charge in [-0.05, 0) is 6.42 Å². The average molecular weight is 324 g/mol. The molecule has 21 heavy (non-hydrogen) atoms. The van der Waals surface area contributed by atoms with Gasteiger partial charge in [0.25, 0.3) is 0 Å². The average Bonchev–Trinajstić information content (AvgIpc) is 2.37. The van der Waals surface area contributed by atoms with E-state index in [9.17, 15) is 4.79 Å². The summed E-state index contributed by atoms with van der Waals surface area (Å²) in [5.41, 5.74) is 0. The van der Waals surface area contributed by atoms with Crippen LogP contribution in [0, 0.1) is 0 Å². The standard InChI is InChI=1S/C12H24O2.C2H4.H4O4Si/c1-2-3-4-5-6-7-8-9-10-11-12(13)14;1-2;1-5(2,3)4/h2-11H2,1H3,(H,13,14);1-2H2;1-4H. The maximum absolute atomic E-state index is 10.2. The highest BCUT2D eigenvalue weighted by Gasteiger charge is 2.22. The Balaban J connectivity index is -0.000000389. The zero-order chi connectivity index (χ0) is 17.1. The number of aliphatic carboxylic acids is 1. The van der Waals surface area contributed by atoms with Crippen LogP contribution < -0.4 is 0 Å². The Morgan fingerprint density at radius 2 is 1.10 bits per heavy atom. The molecule has 0 aromatic carbocycles. The van der Waals surface area contributed by atoms with Crippen LogP contribution >= 0.6 is 0 Å². The first-order valence-electron chi connectivity index (χ1n) is 7.38. The molecule has 6 nitrogen and oxygen atoms in total. The first kappa shape index (κ1) is 25.2. The lowest BCUT2D eigenvalue weighted by Gasteiger charge is -2.00. The van der Waals surface area contributed by atoms with Gasteiger partial charge in [0.1, 0.15) is 0 Å². The molecule has 7 heteroatoms. The van der Waals surface area contributed by atoms with E-state index in [-0.39, 0.29) is 0 Å². The number of rotatable bonds is 10. The largest absolute Gasteiger partial charge is 0.668 e. The Kier molecular flexibility index (Phi) is 23.2. The predicted octanol–water partition coefficient (Wildman–Crippen LogP) is 2.19. The summed E-state index contributed by atoms with van der Waals surface area (Å²) in [6.45, 7) is 8.23. The number of hydrogen-bond acceptors (Lipinski definition) is 5. The van der Waals surface area contributed by atoms with E-state index in [1.807, 2.05) is 0 Å². The van der Waals surface area contributed by atoms with Crippen molar-refractivity contribution in [1.29, 1.82) is 0 Å². The van der Waals surface area contributed by atoms with Crippen molar-refractivity contribution in [3.05, 3.63) is 13.2 Å². The van der Waals surface area contributed by atoms with E-state index < -0.39 is 15.0 Å². The smallest absolute Gasteiger partial charge is 0.481 e. The molecule has 0 fully saturated rings. The summed E-state index contributed by atoms with van der Waals surface area (Å²) < 4.78 is 0. The van der Waals surface area contributed by atoms with Gasteiger partial charge in [0.15, 0.2) is 0 Å². The molecule has 0 saturated heterocycles. The van der Waals surface area contributed by atoms with E-state index in [0.717, 1.165) is 12.8 Å². The molecule has 5 N–H and O–H groups in total. The Bertz CT molecular complexity index is 212. The second kappa shape index (κ2) is 19.3. The van der Waals surface area contributed by atoms with Crippen molar-refractivity contribution in [3.8, 4) is 0 Å². The van der Waals surface area contributed by atoms with Crippen LogP contribution in [0.5, 0.6) is 0 Å². The van der Waals surface area contributed by atoms with Crippen molar-refractivity contribution in [2.75, 3.05) is 0 Å². The van der Waals surface area contributed by atoms with E-state index in [2.05, 4.69) is 20.1 Å². The first-order valence-corrected chi connectivity index (χ1v) is 9.17. The molecule has 0 radical (unpaired) electrons. The van der Waals surface area contributed by atoms with E-state index in [1.165, 1.54) is 44.9 Å². The molecule has 0 aromatic rings. The molecule has 0 atom stereocenters. The van der Waals surface area contributed by atoms with Crippen molar-refractivity contribution in [1.82, 2.24) is 0 Å². The van der Waals surface area contributed by atoms with Gasteiger partial charge in [-0.25, -0.2) is 0 Å². The fourth-order valence-electron chi connectivity index (χ4n) is 1.59. The van der Waals surface area contributed by atoms with Crippen LogP contribution in [0.2, 0.25) is 0 Å². The number of carboxylic acids is 1. The Hall–Kier alpha value is -0.733. The van der Waals surface area contributed by atoms with E-state index in [4.69, 9.17) is 24.3 Å². The topological polar surface area (TPSA) is 118 Å². The van der Waals surface area contributed by atoms with Crippen LogP contribution in [-0.4, -0.2) is 39.3 Å². The third kappa shape index (κ3) is 54.5. The SMILES string of the molecule is C=C.CCCCCCCCCCCC(=O)O.O[Si](O)(O)O. The van der Waals surface area contributed by atoms with Crippen LogP contribution in [-0.2, 0) is 4.79 Å². The molecule has 0 aliphatic carbocycles. The van der Waals surface area contributed by atoms with Gasteiger partial charge < -0.3 is 24.3 Å². The second-order valence-corrected chi connectivity index (χ2v) is 5.77. The van der Waals surface area contributed by atoms with Gasteiger partial charge in [-0.15, -0.1) is 13.2 Å². The van der Waals surface area contributed by atoms with E-state index in [0.29, 0.717) is 6.42 Å². The summed E-state index contributed by atoms with van der Waals surface area (Å²) in [6.07, 6.45) is 11.5. The Morgan fingerprint density at radius 3 is 1.38 bits per heavy atom. The lowest BCUT2D eigenvalue weighted by Crippen LogP contribution is -2.33. The van der Waals surface area contributed by atoms with Gasteiger partial charge >= 0.3 is 15.0 Å². The van der Waals surface area contributed by atoms with Gasteiger partial charge in [-0.1, -0.05) is 58.3 Å². The molecule has 0 heterocycles. The lowest BCUT2D eigenvalue weighted by atomic mass is 10.1. The maximum Gasteiger partial charge on any atom is 0.668 e. The summed E-state index contributed by atoms with van der Waals surface area (Å²) in [5.74, 6) is -0.659. The van der Waals surface area contributed by atoms with Gasteiger partial charge in [-0.3, -0.25) is 4.79 Å². The molecule has 128 valence electrons. The highest BCUT2D eigenvalue weighted by molar-refractivity contribution is 6.46. The summed E-state index contributed by atoms with van der Waals surface area (Å²) in [4.78, 5) is 39.5. The highest BCUT2D eigenvalue weighted by Crippen LogP contribution is 2.10. The first-order chi connectivity index (χ1) is 9.77. The summed E-state index contributed by atoms with van der Waals surface area (Å²) >= 11 is 0. The van der Waals surface area contributed by atoms with Crippen LogP contribution in [0.3, 0.4) is 0 Å². The quantitative estimate of drug-likeness (QED) is 0.239. The summed E-state index contributed by atoms with van der Waals surface area (Å²) in [6, 6.07) is 0. The molecule has 0 bridgehead atoms. The van der Waals surface area contributed by atoms with Crippen molar-refractivity contribution in [3.63, 3.8) is 0 Å². The van der Waals surface area contributed by atoms with Gasteiger partial charge in [0, 0.05) is 6.42 Å². The second-order valence-electron chi connectivity index (χ2n) is 4.57. The number of carboxylic acid groups (broad SMARTS) is 1. The number of unbranched alkanes of at least 4 members (excludes halogenated alkanes) is 8. The highest BCUT2D eigenvalue weighted by atomic mass is 28.4. The van der Waals surface area contributed by atoms with Crippen molar-refractivity contribution in [2.24, 2.45) is 0 Å². The molecule has 0 unspecified atom stereocenters. The third-order valence-electron chi connectivity index (χ3n) is 2.49. The number of carbonyl (C=O) groups is 1. The minimum absolute atomic E-state index is 0.343. The normalized spacial score (nSPS) is 9.95. The molecule has 0 rings (SSSR count). The zero-order valence-electron chi connectivity index (χ0n) is 13.1. The fourth-order valence-corrected chi connectivity index (χ4v) is 1.59. The monoisotopic (exact) mass is 324 g/mol. The molecule has 0 aromatic heterocycles. The van der Waals surface area contributed by atoms with Crippen molar-refractivity contribution >= 4 is 15.0 Å². The molecule has 0 amide bonds. The third-order valence-corrected chi connectivity index (χ3v) is 2.49. The van der Waals surface area contributed by atoms with Crippen molar-refractivity contribution < 1.29 is 29.1 Å². The Morgan fingerprint density at radius 1 is 0.810 bits per heavy atom. The van der Waals surface area contributed by atoms with Gasteiger partial charge in [0.05, 0.1) is 0 Å². The molecular formula is C14H32O6Si. The summed E-state index contributed by atoms with van der Waals surface area (Å²) in [5, 5.41) is 8.41. The maximum atomic E-state index is 10.2. The van der Waals surface area contributed by atoms with E-state index in [1.54, 1.807) is 0 Å². The predicted molar refractivity (Wildman–Crippen MR) is 85.4 cm³/mol. The molecule has 0 spiro atoms. The van der Waals surface area contributed by atoms with Crippen LogP contribution in [0.4, 0.5) is 0 Å². The molecule has 0 saturated carbocycles. The summed E-state index contributed by atoms with van der Waals surface area (Å²) in [7, 11) is -4.61. The van der Waals surface area contributed by atoms with Crippen LogP contribution in [0.25, 0.3) is 0 Å². The molecular weight excluding hydrogens is 292 g/mol. The van der Waals surface area contributed by atoms with Gasteiger partial charge in [0.2, 0.25) is 0 Å². The lowest BCUT2D eigenvalue weighted by molar-refractivity contribution is -0.137. The molecule has 0 aliphatic rings. The minimum atomic E-state index is -4.61. The Labute approximate surface area is 129 Å². The molecule has 0 aliphatic heterocycles. The van der Waals surface area contributed by atoms with E-state index >= 15 is 0 Å². The minimum Gasteiger partial charge on any atom is -0.481 e. The number of hydrogen-bond donors (Lipinski definition) is 5. The van der Waals surface area contributed by atoms with Crippen molar-refractivity contribution in [2.45, 2.75) is 71.1 Å². The van der Waals surface area contributed by atoms with Gasteiger partial charge in [-0.2, -0.15) is 0 Å². The fraction of sp³-hybridized carbons (Fsp3) is 0.786.